The highest BCUT2D eigenvalue weighted by Gasteiger charge is 2.59. The van der Waals surface area contributed by atoms with Crippen molar-refractivity contribution in [2.45, 2.75) is 85.0 Å². The van der Waals surface area contributed by atoms with E-state index in [-0.39, 0.29) is 36.6 Å². The number of nitrogens with zero attached hydrogens (tertiary/aromatic N) is 2. The van der Waals surface area contributed by atoms with Crippen LogP contribution in [0.25, 0.3) is 0 Å². The minimum absolute atomic E-state index is 0.0890. The van der Waals surface area contributed by atoms with Gasteiger partial charge < -0.3 is 29.4 Å². The number of carboxylic acid groups (broad SMARTS) is 1. The first-order chi connectivity index (χ1) is 20.5. The molecule has 1 aromatic carbocycles. The summed E-state index contributed by atoms with van der Waals surface area (Å²) in [6.45, 7) is 12.6. The number of rotatable bonds is 11. The van der Waals surface area contributed by atoms with Crippen LogP contribution in [0.3, 0.4) is 0 Å². The summed E-state index contributed by atoms with van der Waals surface area (Å²) in [7, 11) is 1.33. The van der Waals surface area contributed by atoms with E-state index in [0.29, 0.717) is 5.56 Å². The highest BCUT2D eigenvalue weighted by Crippen LogP contribution is 2.49. The van der Waals surface area contributed by atoms with E-state index in [9.17, 15) is 27.9 Å². The Morgan fingerprint density at radius 2 is 1.75 bits per heavy atom. The summed E-state index contributed by atoms with van der Waals surface area (Å²) in [4.78, 5) is 32.1. The van der Waals surface area contributed by atoms with E-state index in [1.165, 1.54) is 18.1 Å². The predicted molar refractivity (Wildman–Crippen MR) is 156 cm³/mol. The molecule has 13 heteroatoms. The lowest BCUT2D eigenvalue weighted by Crippen LogP contribution is -2.48. The van der Waals surface area contributed by atoms with E-state index in [1.807, 2.05) is 34.6 Å². The van der Waals surface area contributed by atoms with E-state index in [1.54, 1.807) is 32.2 Å². The topological polar surface area (TPSA) is 119 Å². The molecule has 1 fully saturated rings. The third kappa shape index (κ3) is 8.04. The molecule has 2 N–H and O–H groups in total. The van der Waals surface area contributed by atoms with Gasteiger partial charge in [-0.25, -0.2) is 14.6 Å². The Hall–Kier alpha value is -3.74. The average molecular weight is 626 g/mol. The third-order valence-electron chi connectivity index (χ3n) is 7.16. The highest BCUT2D eigenvalue weighted by atomic mass is 19.4. The number of methoxy groups -OCH3 is 1. The van der Waals surface area contributed by atoms with Gasteiger partial charge in [-0.05, 0) is 63.4 Å². The summed E-state index contributed by atoms with van der Waals surface area (Å²) in [5, 5.41) is 13.9. The second kappa shape index (κ2) is 13.9. The van der Waals surface area contributed by atoms with Crippen LogP contribution in [0, 0.1) is 11.3 Å². The number of benzene rings is 1. The number of hydrogen-bond donors (Lipinski definition) is 2. The van der Waals surface area contributed by atoms with Gasteiger partial charge in [0.1, 0.15) is 12.6 Å². The standard InChI is InChI=1S/C31H42F3N3O7/c1-17(2)43-27-20(10-9-13-36-27)25-24(23(30(5,6)7)26(28(38)39)37(25)29(40)44-18(3)4)35-14-15-42-22-16-19(31(32,33)34)11-12-21(22)41-8/h9-13,16-18,23-26,35H,14-15H2,1-8H3,(H,38,39)/t23-,24-,25?,26-/m0/s1. The number of likely N-dealkylation sites (tertiary alicyclic amines) is 1. The normalized spacial score (nSPS) is 20.6. The molecule has 44 heavy (non-hydrogen) atoms. The Balaban J connectivity index is 2.05. The van der Waals surface area contributed by atoms with Gasteiger partial charge in [0.15, 0.2) is 11.5 Å². The predicted octanol–water partition coefficient (Wildman–Crippen LogP) is 5.95. The maximum atomic E-state index is 13.6. The number of pyridine rings is 1. The van der Waals surface area contributed by atoms with Gasteiger partial charge in [0.25, 0.3) is 0 Å². The Labute approximate surface area is 255 Å². The number of ether oxygens (including phenoxy) is 4. The smallest absolute Gasteiger partial charge is 0.416 e. The summed E-state index contributed by atoms with van der Waals surface area (Å²) in [5.74, 6) is -1.58. The second-order valence-electron chi connectivity index (χ2n) is 12.2. The van der Waals surface area contributed by atoms with Crippen molar-refractivity contribution in [1.82, 2.24) is 15.2 Å². The fourth-order valence-electron chi connectivity index (χ4n) is 5.57. The van der Waals surface area contributed by atoms with Gasteiger partial charge in [-0.15, -0.1) is 0 Å². The maximum Gasteiger partial charge on any atom is 0.416 e. The molecule has 2 heterocycles. The molecular formula is C31H42F3N3O7. The van der Waals surface area contributed by atoms with Crippen LogP contribution in [-0.4, -0.2) is 71.6 Å². The molecule has 0 bridgehead atoms. The highest BCUT2D eigenvalue weighted by molar-refractivity contribution is 5.82. The molecule has 0 saturated carbocycles. The molecule has 1 unspecified atom stereocenters. The van der Waals surface area contributed by atoms with Crippen LogP contribution in [0.4, 0.5) is 18.0 Å². The zero-order valence-corrected chi connectivity index (χ0v) is 26.3. The van der Waals surface area contributed by atoms with Gasteiger partial charge in [0, 0.05) is 30.3 Å². The van der Waals surface area contributed by atoms with Crippen molar-refractivity contribution >= 4 is 12.1 Å². The van der Waals surface area contributed by atoms with Gasteiger partial charge in [-0.3, -0.25) is 4.90 Å². The number of nitrogens with one attached hydrogen (secondary N) is 1. The van der Waals surface area contributed by atoms with Crippen LogP contribution in [0.5, 0.6) is 17.4 Å². The van der Waals surface area contributed by atoms with Crippen LogP contribution in [0.2, 0.25) is 0 Å². The van der Waals surface area contributed by atoms with Crippen molar-refractivity contribution in [1.29, 1.82) is 0 Å². The number of carbonyl (C=O) groups excluding carboxylic acids is 1. The summed E-state index contributed by atoms with van der Waals surface area (Å²) >= 11 is 0. The Morgan fingerprint density at radius 1 is 1.07 bits per heavy atom. The number of hydrogen-bond acceptors (Lipinski definition) is 8. The minimum Gasteiger partial charge on any atom is -0.493 e. The van der Waals surface area contributed by atoms with Crippen molar-refractivity contribution in [2.24, 2.45) is 11.3 Å². The quantitative estimate of drug-likeness (QED) is 0.292. The first-order valence-corrected chi connectivity index (χ1v) is 14.4. The molecule has 244 valence electrons. The molecule has 0 radical (unpaired) electrons. The molecule has 4 atom stereocenters. The lowest BCUT2D eigenvalue weighted by molar-refractivity contribution is -0.145. The van der Waals surface area contributed by atoms with Gasteiger partial charge in [0.2, 0.25) is 5.88 Å². The van der Waals surface area contributed by atoms with Crippen molar-refractivity contribution in [3.8, 4) is 17.4 Å². The van der Waals surface area contributed by atoms with Crippen molar-refractivity contribution in [2.75, 3.05) is 20.3 Å². The molecule has 0 spiro atoms. The van der Waals surface area contributed by atoms with E-state index in [2.05, 4.69) is 10.3 Å². The average Bonchev–Trinajstić information content (AvgIpc) is 3.26. The van der Waals surface area contributed by atoms with Crippen LogP contribution >= 0.6 is 0 Å². The van der Waals surface area contributed by atoms with E-state index in [4.69, 9.17) is 18.9 Å². The van der Waals surface area contributed by atoms with Gasteiger partial charge in [-0.1, -0.05) is 20.8 Å². The zero-order chi connectivity index (χ0) is 33.0. The van der Waals surface area contributed by atoms with Gasteiger partial charge in [0.05, 0.1) is 30.9 Å². The summed E-state index contributed by atoms with van der Waals surface area (Å²) in [5.41, 5.74) is -1.04. The first-order valence-electron chi connectivity index (χ1n) is 14.4. The molecule has 1 aliphatic heterocycles. The largest absolute Gasteiger partial charge is 0.493 e. The minimum atomic E-state index is -4.57. The Morgan fingerprint density at radius 3 is 2.30 bits per heavy atom. The maximum absolute atomic E-state index is 13.6. The van der Waals surface area contributed by atoms with Crippen molar-refractivity contribution < 1.29 is 46.8 Å². The van der Waals surface area contributed by atoms with Crippen molar-refractivity contribution in [3.63, 3.8) is 0 Å². The first kappa shape index (κ1) is 34.7. The molecule has 1 aromatic heterocycles. The lowest BCUT2D eigenvalue weighted by atomic mass is 9.72. The molecule has 10 nitrogen and oxygen atoms in total. The third-order valence-corrected chi connectivity index (χ3v) is 7.16. The summed E-state index contributed by atoms with van der Waals surface area (Å²) in [6.07, 6.45) is -4.62. The number of aliphatic carboxylic acids is 1. The van der Waals surface area contributed by atoms with Crippen LogP contribution < -0.4 is 19.5 Å². The van der Waals surface area contributed by atoms with Crippen LogP contribution in [0.15, 0.2) is 36.5 Å². The fraction of sp³-hybridized carbons (Fsp3) is 0.581. The SMILES string of the molecule is COc1ccc(C(F)(F)F)cc1OCCN[C@@H]1C(c2cccnc2OC(C)C)N(C(=O)OC(C)C)[C@H](C(=O)O)[C@H]1C(C)(C)C. The second-order valence-corrected chi connectivity index (χ2v) is 12.2. The van der Waals surface area contributed by atoms with Crippen LogP contribution in [-0.2, 0) is 15.7 Å². The summed E-state index contributed by atoms with van der Waals surface area (Å²) < 4.78 is 62.4. The molecule has 3 rings (SSSR count). The number of halogens is 3. The Kier molecular flexibility index (Phi) is 11.0. The number of amides is 1. The molecule has 0 aliphatic carbocycles. The fourth-order valence-corrected chi connectivity index (χ4v) is 5.57. The number of alkyl halides is 3. The number of carbonyl (C=O) groups is 2. The molecular weight excluding hydrogens is 583 g/mol. The Bertz CT molecular complexity index is 1300. The zero-order valence-electron chi connectivity index (χ0n) is 26.3. The van der Waals surface area contributed by atoms with E-state index < -0.39 is 59.4 Å². The number of aromatic nitrogens is 1. The molecule has 1 amide bonds. The van der Waals surface area contributed by atoms with Gasteiger partial charge in [-0.2, -0.15) is 13.2 Å². The van der Waals surface area contributed by atoms with E-state index in [0.717, 1.165) is 12.1 Å². The lowest BCUT2D eigenvalue weighted by Gasteiger charge is -2.35. The molecule has 1 saturated heterocycles. The number of carboxylic acids is 1. The monoisotopic (exact) mass is 625 g/mol. The molecule has 2 aromatic rings. The summed E-state index contributed by atoms with van der Waals surface area (Å²) in [6, 6.07) is 3.50. The van der Waals surface area contributed by atoms with E-state index >= 15 is 0 Å². The van der Waals surface area contributed by atoms with Gasteiger partial charge >= 0.3 is 18.2 Å². The van der Waals surface area contributed by atoms with Crippen LogP contribution in [0.1, 0.15) is 65.6 Å². The van der Waals surface area contributed by atoms with Crippen molar-refractivity contribution in [3.05, 3.63) is 47.7 Å². The molecule has 1 aliphatic rings.